The topological polar surface area (TPSA) is 58.6 Å². The molecule has 0 spiro atoms. The van der Waals surface area contributed by atoms with Crippen LogP contribution in [0.15, 0.2) is 0 Å². The third kappa shape index (κ3) is 3.77. The number of piperidine rings is 1. The fourth-order valence-corrected chi connectivity index (χ4v) is 1.75. The van der Waals surface area contributed by atoms with Crippen LogP contribution in [0.4, 0.5) is 4.79 Å². The molecule has 1 rings (SSSR count). The zero-order chi connectivity index (χ0) is 11.3. The van der Waals surface area contributed by atoms with Crippen LogP contribution in [0.5, 0.6) is 0 Å². The number of nitrogens with one attached hydrogen (secondary N) is 1. The van der Waals surface area contributed by atoms with Crippen molar-refractivity contribution in [3.8, 4) is 0 Å². The minimum atomic E-state index is -0.385. The number of likely N-dealkylation sites (tertiary alicyclic amines) is 1. The van der Waals surface area contributed by atoms with E-state index < -0.39 is 0 Å². The molecule has 5 heteroatoms. The van der Waals surface area contributed by atoms with Gasteiger partial charge < -0.3 is 15.0 Å². The largest absolute Gasteiger partial charge is 0.453 e. The molecule has 0 aliphatic carbocycles. The molecular weight excluding hydrogens is 196 g/mol. The van der Waals surface area contributed by atoms with Crippen molar-refractivity contribution < 1.29 is 14.3 Å². The number of ether oxygens (including phenoxy) is 1. The Kier molecular flexibility index (Phi) is 4.39. The molecule has 0 bridgehead atoms. The van der Waals surface area contributed by atoms with Crippen LogP contribution >= 0.6 is 0 Å². The van der Waals surface area contributed by atoms with Crippen molar-refractivity contribution in [2.45, 2.75) is 19.8 Å². The molecule has 0 aromatic rings. The van der Waals surface area contributed by atoms with E-state index in [1.54, 1.807) is 6.92 Å². The number of carbonyl (C=O) groups is 2. The predicted molar refractivity (Wildman–Crippen MR) is 55.4 cm³/mol. The molecule has 1 N–H and O–H groups in total. The fraction of sp³-hybridized carbons (Fsp3) is 0.800. The van der Waals surface area contributed by atoms with Gasteiger partial charge in [-0.1, -0.05) is 0 Å². The molecule has 0 aromatic carbocycles. The van der Waals surface area contributed by atoms with Gasteiger partial charge in [-0.2, -0.15) is 0 Å². The minimum Gasteiger partial charge on any atom is -0.453 e. The molecule has 1 heterocycles. The Morgan fingerprint density at radius 3 is 2.47 bits per heavy atom. The first-order valence-corrected chi connectivity index (χ1v) is 5.20. The first-order valence-electron chi connectivity index (χ1n) is 5.20. The Bertz CT molecular complexity index is 235. The highest BCUT2D eigenvalue weighted by atomic mass is 16.5. The average molecular weight is 214 g/mol. The molecule has 1 aliphatic rings. The van der Waals surface area contributed by atoms with Crippen LogP contribution in [0.1, 0.15) is 19.8 Å². The van der Waals surface area contributed by atoms with Crippen molar-refractivity contribution in [3.63, 3.8) is 0 Å². The highest BCUT2D eigenvalue weighted by Gasteiger charge is 2.20. The Hall–Kier alpha value is -1.26. The highest BCUT2D eigenvalue weighted by molar-refractivity contribution is 5.73. The monoisotopic (exact) mass is 214 g/mol. The molecule has 0 aromatic heterocycles. The summed E-state index contributed by atoms with van der Waals surface area (Å²) in [6.45, 7) is 3.82. The van der Waals surface area contributed by atoms with Gasteiger partial charge in [-0.15, -0.1) is 0 Å². The second-order valence-electron chi connectivity index (χ2n) is 3.82. The zero-order valence-electron chi connectivity index (χ0n) is 9.28. The van der Waals surface area contributed by atoms with E-state index in [0.29, 0.717) is 12.5 Å². The van der Waals surface area contributed by atoms with Gasteiger partial charge in [0.25, 0.3) is 0 Å². The van der Waals surface area contributed by atoms with E-state index in [4.69, 9.17) is 0 Å². The maximum absolute atomic E-state index is 11.1. The van der Waals surface area contributed by atoms with Crippen molar-refractivity contribution >= 4 is 12.0 Å². The van der Waals surface area contributed by atoms with Gasteiger partial charge in [-0.25, -0.2) is 4.79 Å². The van der Waals surface area contributed by atoms with Crippen molar-refractivity contribution in [2.75, 3.05) is 26.7 Å². The van der Waals surface area contributed by atoms with Crippen molar-refractivity contribution in [3.05, 3.63) is 0 Å². The summed E-state index contributed by atoms with van der Waals surface area (Å²) in [7, 11) is 1.35. The van der Waals surface area contributed by atoms with E-state index in [0.717, 1.165) is 25.9 Å². The molecule has 0 saturated carbocycles. The average Bonchev–Trinajstić information content (AvgIpc) is 2.26. The van der Waals surface area contributed by atoms with Crippen molar-refractivity contribution in [2.24, 2.45) is 5.92 Å². The second kappa shape index (κ2) is 5.58. The normalized spacial score (nSPS) is 17.3. The van der Waals surface area contributed by atoms with Crippen LogP contribution in [0, 0.1) is 5.92 Å². The molecule has 15 heavy (non-hydrogen) atoms. The highest BCUT2D eigenvalue weighted by Crippen LogP contribution is 2.16. The lowest BCUT2D eigenvalue weighted by Gasteiger charge is -2.31. The standard InChI is InChI=1S/C10H18N2O3/c1-8(13)12-5-3-9(4-6-12)7-11-10(14)15-2/h9H,3-7H2,1-2H3,(H,11,14). The quantitative estimate of drug-likeness (QED) is 0.732. The Labute approximate surface area is 89.8 Å². The SMILES string of the molecule is COC(=O)NCC1CCN(C(C)=O)CC1. The van der Waals surface area contributed by atoms with Gasteiger partial charge in [0, 0.05) is 26.6 Å². The summed E-state index contributed by atoms with van der Waals surface area (Å²) in [6.07, 6.45) is 1.51. The third-order valence-electron chi connectivity index (χ3n) is 2.78. The first-order chi connectivity index (χ1) is 7.13. The summed E-state index contributed by atoms with van der Waals surface area (Å²) in [6, 6.07) is 0. The molecule has 1 saturated heterocycles. The smallest absolute Gasteiger partial charge is 0.406 e. The number of hydrogen-bond donors (Lipinski definition) is 1. The van der Waals surface area contributed by atoms with E-state index in [1.165, 1.54) is 7.11 Å². The summed E-state index contributed by atoms with van der Waals surface area (Å²) < 4.78 is 4.49. The van der Waals surface area contributed by atoms with Gasteiger partial charge in [-0.3, -0.25) is 4.79 Å². The van der Waals surface area contributed by atoms with Gasteiger partial charge in [0.2, 0.25) is 5.91 Å². The van der Waals surface area contributed by atoms with Crippen LogP contribution in [-0.4, -0.2) is 43.6 Å². The number of rotatable bonds is 2. The molecule has 1 fully saturated rings. The first kappa shape index (κ1) is 11.8. The van der Waals surface area contributed by atoms with Gasteiger partial charge in [-0.05, 0) is 18.8 Å². The summed E-state index contributed by atoms with van der Waals surface area (Å²) in [5.41, 5.74) is 0. The zero-order valence-corrected chi connectivity index (χ0v) is 9.28. The lowest BCUT2D eigenvalue weighted by molar-refractivity contribution is -0.130. The summed E-state index contributed by atoms with van der Waals surface area (Å²) in [4.78, 5) is 23.7. The molecular formula is C10H18N2O3. The van der Waals surface area contributed by atoms with Gasteiger partial charge in [0.05, 0.1) is 7.11 Å². The summed E-state index contributed by atoms with van der Waals surface area (Å²) >= 11 is 0. The lowest BCUT2D eigenvalue weighted by Crippen LogP contribution is -2.40. The number of alkyl carbamates (subject to hydrolysis) is 1. The van der Waals surface area contributed by atoms with Crippen molar-refractivity contribution in [1.29, 1.82) is 0 Å². The van der Waals surface area contributed by atoms with Crippen LogP contribution < -0.4 is 5.32 Å². The number of hydrogen-bond acceptors (Lipinski definition) is 3. The third-order valence-corrected chi connectivity index (χ3v) is 2.78. The van der Waals surface area contributed by atoms with Gasteiger partial charge in [0.15, 0.2) is 0 Å². The second-order valence-corrected chi connectivity index (χ2v) is 3.82. The van der Waals surface area contributed by atoms with Crippen LogP contribution in [0.3, 0.4) is 0 Å². The fourth-order valence-electron chi connectivity index (χ4n) is 1.75. The van der Waals surface area contributed by atoms with E-state index in [-0.39, 0.29) is 12.0 Å². The maximum atomic E-state index is 11.1. The van der Waals surface area contributed by atoms with Gasteiger partial charge >= 0.3 is 6.09 Å². The maximum Gasteiger partial charge on any atom is 0.406 e. The molecule has 86 valence electrons. The van der Waals surface area contributed by atoms with Gasteiger partial charge in [0.1, 0.15) is 0 Å². The van der Waals surface area contributed by atoms with E-state index in [2.05, 4.69) is 10.1 Å². The number of nitrogens with zero attached hydrogens (tertiary/aromatic N) is 1. The van der Waals surface area contributed by atoms with Crippen LogP contribution in [0.2, 0.25) is 0 Å². The molecule has 5 nitrogen and oxygen atoms in total. The number of amides is 2. The Morgan fingerprint density at radius 2 is 2.00 bits per heavy atom. The summed E-state index contributed by atoms with van der Waals surface area (Å²) in [5, 5.41) is 2.68. The van der Waals surface area contributed by atoms with Crippen LogP contribution in [-0.2, 0) is 9.53 Å². The molecule has 1 aliphatic heterocycles. The molecule has 2 amide bonds. The Morgan fingerprint density at radius 1 is 1.40 bits per heavy atom. The van der Waals surface area contributed by atoms with E-state index in [1.807, 2.05) is 4.90 Å². The molecule has 0 unspecified atom stereocenters. The molecule has 0 atom stereocenters. The van der Waals surface area contributed by atoms with Crippen LogP contribution in [0.25, 0.3) is 0 Å². The number of methoxy groups -OCH3 is 1. The lowest BCUT2D eigenvalue weighted by atomic mass is 9.97. The van der Waals surface area contributed by atoms with E-state index in [9.17, 15) is 9.59 Å². The summed E-state index contributed by atoms with van der Waals surface area (Å²) in [5.74, 6) is 0.592. The van der Waals surface area contributed by atoms with Crippen molar-refractivity contribution in [1.82, 2.24) is 10.2 Å². The van der Waals surface area contributed by atoms with E-state index >= 15 is 0 Å². The minimum absolute atomic E-state index is 0.134. The molecule has 0 radical (unpaired) electrons. The predicted octanol–water partition coefficient (Wildman–Crippen LogP) is 0.601. The number of carbonyl (C=O) groups excluding carboxylic acids is 2. The Balaban J connectivity index is 2.20.